The fourth-order valence-corrected chi connectivity index (χ4v) is 3.61. The first-order valence-electron chi connectivity index (χ1n) is 11.3. The average Bonchev–Trinajstić information content (AvgIpc) is 3.34. The maximum atomic E-state index is 12.4. The van der Waals surface area contributed by atoms with Crippen molar-refractivity contribution in [3.63, 3.8) is 0 Å². The van der Waals surface area contributed by atoms with Gasteiger partial charge in [-0.15, -0.1) is 0 Å². The molecule has 4 rings (SSSR count). The molecule has 7 heteroatoms. The number of amides is 2. The molecule has 0 spiro atoms. The van der Waals surface area contributed by atoms with Crippen LogP contribution in [0, 0.1) is 5.41 Å². The van der Waals surface area contributed by atoms with Crippen LogP contribution in [0.15, 0.2) is 18.2 Å². The van der Waals surface area contributed by atoms with Crippen LogP contribution in [0.2, 0.25) is 0 Å². The van der Waals surface area contributed by atoms with Crippen LogP contribution >= 0.6 is 0 Å². The highest BCUT2D eigenvalue weighted by molar-refractivity contribution is 6.03. The van der Waals surface area contributed by atoms with Crippen LogP contribution in [0.5, 0.6) is 0 Å². The minimum absolute atomic E-state index is 0.0745. The van der Waals surface area contributed by atoms with Crippen LogP contribution in [-0.2, 0) is 16.0 Å². The van der Waals surface area contributed by atoms with E-state index in [4.69, 9.17) is 5.73 Å². The van der Waals surface area contributed by atoms with Gasteiger partial charge in [0.25, 0.3) is 0 Å². The quantitative estimate of drug-likeness (QED) is 0.699. The number of rotatable bonds is 5. The average molecular weight is 431 g/mol. The van der Waals surface area contributed by atoms with Gasteiger partial charge in [-0.25, -0.2) is 0 Å². The van der Waals surface area contributed by atoms with Gasteiger partial charge in [0, 0.05) is 30.4 Å². The summed E-state index contributed by atoms with van der Waals surface area (Å²) in [6.45, 7) is 9.84. The van der Waals surface area contributed by atoms with Gasteiger partial charge in [0.1, 0.15) is 6.29 Å². The lowest BCUT2D eigenvalue weighted by Gasteiger charge is -2.36. The summed E-state index contributed by atoms with van der Waals surface area (Å²) in [5.74, 6) is -0.402. The summed E-state index contributed by atoms with van der Waals surface area (Å²) >= 11 is 0. The van der Waals surface area contributed by atoms with Crippen LogP contribution in [0.25, 0.3) is 0 Å². The summed E-state index contributed by atoms with van der Waals surface area (Å²) in [5.41, 5.74) is 8.25. The molecule has 2 heterocycles. The number of likely N-dealkylation sites (tertiary alicyclic amines) is 1. The summed E-state index contributed by atoms with van der Waals surface area (Å²) in [7, 11) is 1.93. The molecule has 1 saturated carbocycles. The number of anilines is 1. The Morgan fingerprint density at radius 3 is 2.29 bits per heavy atom. The van der Waals surface area contributed by atoms with Crippen LogP contribution in [0.1, 0.15) is 62.4 Å². The fourth-order valence-electron chi connectivity index (χ4n) is 3.61. The highest BCUT2D eigenvalue weighted by Gasteiger charge is 2.35. The molecule has 7 nitrogen and oxygen atoms in total. The molecule has 0 aromatic heterocycles. The van der Waals surface area contributed by atoms with Gasteiger partial charge in [0.05, 0.1) is 13.0 Å². The summed E-state index contributed by atoms with van der Waals surface area (Å²) < 4.78 is 0. The van der Waals surface area contributed by atoms with E-state index in [9.17, 15) is 14.4 Å². The number of nitrogens with one attached hydrogen (secondary N) is 1. The van der Waals surface area contributed by atoms with E-state index in [0.717, 1.165) is 55.4 Å². The van der Waals surface area contributed by atoms with Crippen LogP contribution in [0.4, 0.5) is 5.69 Å². The SMILES string of the molecule is CC1(C)CC1.CCNC.NC(=O)c1ccc2c(c1)CC(=O)N2C1CCN(CC=O)CC1. The molecule has 1 aromatic carbocycles. The van der Waals surface area contributed by atoms with E-state index >= 15 is 0 Å². The monoisotopic (exact) mass is 430 g/mol. The number of aldehydes is 1. The topological polar surface area (TPSA) is 95.7 Å². The molecule has 3 aliphatic rings. The van der Waals surface area contributed by atoms with Crippen LogP contribution in [0.3, 0.4) is 0 Å². The second-order valence-electron chi connectivity index (χ2n) is 9.22. The first-order chi connectivity index (χ1) is 14.7. The molecule has 0 unspecified atom stereocenters. The first-order valence-corrected chi connectivity index (χ1v) is 11.3. The second-order valence-corrected chi connectivity index (χ2v) is 9.22. The lowest BCUT2D eigenvalue weighted by molar-refractivity contribution is -0.118. The molecule has 2 aliphatic heterocycles. The Morgan fingerprint density at radius 2 is 1.84 bits per heavy atom. The highest BCUT2D eigenvalue weighted by atomic mass is 16.2. The van der Waals surface area contributed by atoms with E-state index < -0.39 is 5.91 Å². The number of hydrogen-bond donors (Lipinski definition) is 2. The molecule has 0 radical (unpaired) electrons. The number of hydrogen-bond acceptors (Lipinski definition) is 5. The van der Waals surface area contributed by atoms with Crippen molar-refractivity contribution in [1.29, 1.82) is 0 Å². The molecule has 0 bridgehead atoms. The number of fused-ring (bicyclic) bond motifs is 1. The number of primary amides is 1. The Hall–Kier alpha value is -2.25. The summed E-state index contributed by atoms with van der Waals surface area (Å²) in [6, 6.07) is 5.37. The lowest BCUT2D eigenvalue weighted by Crippen LogP contribution is -2.46. The van der Waals surface area contributed by atoms with Gasteiger partial charge in [-0.05, 0) is 68.5 Å². The standard InChI is InChI=1S/C16H19N3O3.C5H10.C3H9N/c17-16(22)11-1-2-14-12(9-11)10-15(21)19(14)13-3-5-18(6-4-13)7-8-20;1-5(2)3-4-5;1-3-4-2/h1-2,8-9,13H,3-7,10H2,(H2,17,22);3-4H2,1-2H3;4H,3H2,1-2H3. The largest absolute Gasteiger partial charge is 0.366 e. The van der Waals surface area contributed by atoms with Crippen molar-refractivity contribution in [2.45, 2.75) is 58.9 Å². The smallest absolute Gasteiger partial charge is 0.248 e. The van der Waals surface area contributed by atoms with Crippen LogP contribution in [-0.4, -0.2) is 62.3 Å². The van der Waals surface area contributed by atoms with Crippen molar-refractivity contribution in [1.82, 2.24) is 10.2 Å². The van der Waals surface area contributed by atoms with Gasteiger partial charge in [-0.1, -0.05) is 20.8 Å². The van der Waals surface area contributed by atoms with Crippen molar-refractivity contribution >= 4 is 23.8 Å². The van der Waals surface area contributed by atoms with Crippen LogP contribution < -0.4 is 16.0 Å². The van der Waals surface area contributed by atoms with E-state index in [1.807, 2.05) is 18.0 Å². The second kappa shape index (κ2) is 11.4. The van der Waals surface area contributed by atoms with Gasteiger partial charge in [0.2, 0.25) is 11.8 Å². The predicted octanol–water partition coefficient (Wildman–Crippen LogP) is 2.37. The highest BCUT2D eigenvalue weighted by Crippen LogP contribution is 2.43. The first kappa shape index (κ1) is 25.0. The molecule has 172 valence electrons. The van der Waals surface area contributed by atoms with Crippen molar-refractivity contribution in [2.75, 3.05) is 38.1 Å². The van der Waals surface area contributed by atoms with E-state index in [0.29, 0.717) is 18.5 Å². The fraction of sp³-hybridized carbons (Fsp3) is 0.625. The number of carbonyl (C=O) groups is 3. The van der Waals surface area contributed by atoms with Gasteiger partial charge >= 0.3 is 0 Å². The molecule has 1 aromatic rings. The third-order valence-electron chi connectivity index (χ3n) is 6.09. The Kier molecular flexibility index (Phi) is 9.19. The maximum absolute atomic E-state index is 12.4. The van der Waals surface area contributed by atoms with E-state index in [2.05, 4.69) is 31.0 Å². The summed E-state index contributed by atoms with van der Waals surface area (Å²) in [4.78, 5) is 38.1. The lowest BCUT2D eigenvalue weighted by atomic mass is 10.0. The van der Waals surface area contributed by atoms with Gasteiger partial charge < -0.3 is 20.7 Å². The van der Waals surface area contributed by atoms with Gasteiger partial charge in [-0.2, -0.15) is 0 Å². The Labute approximate surface area is 186 Å². The van der Waals surface area contributed by atoms with E-state index in [1.165, 1.54) is 12.8 Å². The molecule has 2 fully saturated rings. The third-order valence-corrected chi connectivity index (χ3v) is 6.09. The Balaban J connectivity index is 0.000000317. The molecule has 0 atom stereocenters. The van der Waals surface area contributed by atoms with Crippen molar-refractivity contribution in [3.05, 3.63) is 29.3 Å². The molecule has 3 N–H and O–H groups in total. The summed E-state index contributed by atoms with van der Waals surface area (Å²) in [6.07, 6.45) is 5.86. The minimum Gasteiger partial charge on any atom is -0.366 e. The maximum Gasteiger partial charge on any atom is 0.248 e. The van der Waals surface area contributed by atoms with E-state index in [1.54, 1.807) is 12.1 Å². The Morgan fingerprint density at radius 1 is 1.26 bits per heavy atom. The zero-order chi connectivity index (χ0) is 23.0. The van der Waals surface area contributed by atoms with Crippen molar-refractivity contribution in [2.24, 2.45) is 11.1 Å². The van der Waals surface area contributed by atoms with Crippen molar-refractivity contribution in [3.8, 4) is 0 Å². The Bertz CT molecular complexity index is 762. The normalized spacial score (nSPS) is 19.5. The number of benzene rings is 1. The number of piperidine rings is 1. The number of carbonyl (C=O) groups excluding carboxylic acids is 3. The molecule has 31 heavy (non-hydrogen) atoms. The third kappa shape index (κ3) is 7.43. The molecular formula is C24H38N4O3. The number of nitrogens with zero attached hydrogens (tertiary/aromatic N) is 2. The molecule has 1 saturated heterocycles. The molecule has 1 aliphatic carbocycles. The zero-order valence-corrected chi connectivity index (χ0v) is 19.4. The minimum atomic E-state index is -0.476. The van der Waals surface area contributed by atoms with Gasteiger partial charge in [-0.3, -0.25) is 14.5 Å². The molecule has 2 amide bonds. The predicted molar refractivity (Wildman–Crippen MR) is 124 cm³/mol. The van der Waals surface area contributed by atoms with E-state index in [-0.39, 0.29) is 11.9 Å². The van der Waals surface area contributed by atoms with Gasteiger partial charge in [0.15, 0.2) is 0 Å². The summed E-state index contributed by atoms with van der Waals surface area (Å²) in [5, 5.41) is 2.93. The zero-order valence-electron chi connectivity index (χ0n) is 19.4. The number of nitrogens with two attached hydrogens (primary N) is 1. The molecular weight excluding hydrogens is 392 g/mol. The van der Waals surface area contributed by atoms with Crippen molar-refractivity contribution < 1.29 is 14.4 Å².